The average molecular weight is 271 g/mol. The number of aromatic amines is 1. The molecule has 102 valence electrons. The molecule has 18 heavy (non-hydrogen) atoms. The molecular weight excluding hydrogens is 250 g/mol. The minimum atomic E-state index is -3.08. The molecular formula is C12H21N3O2S. The van der Waals surface area contributed by atoms with Crippen LogP contribution in [0.2, 0.25) is 0 Å². The minimum absolute atomic E-state index is 0.159. The lowest BCUT2D eigenvalue weighted by Crippen LogP contribution is -2.33. The molecule has 5 nitrogen and oxygen atoms in total. The van der Waals surface area contributed by atoms with Crippen LogP contribution < -0.4 is 4.72 Å². The molecule has 1 aliphatic rings. The van der Waals surface area contributed by atoms with Gasteiger partial charge in [-0.3, -0.25) is 5.10 Å². The summed E-state index contributed by atoms with van der Waals surface area (Å²) in [5.74, 6) is 0. The SMILES string of the molecule is Cc1[nH]ncc1CCCNS(=O)(=O)C1CCCC1. The number of sulfonamides is 1. The number of hydrogen-bond donors (Lipinski definition) is 2. The molecule has 2 rings (SSSR count). The fourth-order valence-corrected chi connectivity index (χ4v) is 4.06. The Morgan fingerprint density at radius 2 is 2.17 bits per heavy atom. The maximum atomic E-state index is 11.9. The molecule has 1 heterocycles. The van der Waals surface area contributed by atoms with Crippen molar-refractivity contribution in [1.82, 2.24) is 14.9 Å². The van der Waals surface area contributed by atoms with Crippen molar-refractivity contribution in [3.05, 3.63) is 17.5 Å². The standard InChI is InChI=1S/C12H21N3O2S/c1-10-11(9-13-15-10)5-4-8-14-18(16,17)12-6-2-3-7-12/h9,12,14H,2-8H2,1H3,(H,13,15). The summed E-state index contributed by atoms with van der Waals surface area (Å²) in [6.07, 6.45) is 7.19. The summed E-state index contributed by atoms with van der Waals surface area (Å²) in [6.45, 7) is 2.49. The molecule has 0 spiro atoms. The van der Waals surface area contributed by atoms with Crippen molar-refractivity contribution >= 4 is 10.0 Å². The highest BCUT2D eigenvalue weighted by Crippen LogP contribution is 2.23. The summed E-state index contributed by atoms with van der Waals surface area (Å²) in [5, 5.41) is 6.67. The fraction of sp³-hybridized carbons (Fsp3) is 0.750. The van der Waals surface area contributed by atoms with Crippen LogP contribution in [0.5, 0.6) is 0 Å². The highest BCUT2D eigenvalue weighted by atomic mass is 32.2. The molecule has 0 radical (unpaired) electrons. The van der Waals surface area contributed by atoms with Gasteiger partial charge < -0.3 is 0 Å². The van der Waals surface area contributed by atoms with Gasteiger partial charge in [0.05, 0.1) is 11.4 Å². The van der Waals surface area contributed by atoms with Crippen LogP contribution in [-0.4, -0.2) is 30.4 Å². The van der Waals surface area contributed by atoms with Gasteiger partial charge in [0.2, 0.25) is 10.0 Å². The van der Waals surface area contributed by atoms with Gasteiger partial charge in [0.15, 0.2) is 0 Å². The summed E-state index contributed by atoms with van der Waals surface area (Å²) in [4.78, 5) is 0. The minimum Gasteiger partial charge on any atom is -0.283 e. The molecule has 0 unspecified atom stereocenters. The molecule has 0 atom stereocenters. The zero-order valence-corrected chi connectivity index (χ0v) is 11.6. The first kappa shape index (κ1) is 13.5. The third-order valence-corrected chi connectivity index (χ3v) is 5.56. The van der Waals surface area contributed by atoms with E-state index in [0.717, 1.165) is 49.8 Å². The lowest BCUT2D eigenvalue weighted by atomic mass is 10.1. The molecule has 6 heteroatoms. The summed E-state index contributed by atoms with van der Waals surface area (Å²) in [7, 11) is -3.08. The van der Waals surface area contributed by atoms with Gasteiger partial charge in [-0.05, 0) is 38.2 Å². The van der Waals surface area contributed by atoms with Crippen LogP contribution >= 0.6 is 0 Å². The Labute approximate surface area is 108 Å². The molecule has 2 N–H and O–H groups in total. The highest BCUT2D eigenvalue weighted by molar-refractivity contribution is 7.90. The molecule has 0 bridgehead atoms. The summed E-state index contributed by atoms with van der Waals surface area (Å²) in [5.41, 5.74) is 2.23. The van der Waals surface area contributed by atoms with Crippen molar-refractivity contribution < 1.29 is 8.42 Å². The van der Waals surface area contributed by atoms with E-state index in [1.807, 2.05) is 6.92 Å². The van der Waals surface area contributed by atoms with Crippen molar-refractivity contribution in [2.45, 2.75) is 50.7 Å². The van der Waals surface area contributed by atoms with Gasteiger partial charge >= 0.3 is 0 Å². The van der Waals surface area contributed by atoms with Crippen molar-refractivity contribution in [2.24, 2.45) is 0 Å². The number of H-pyrrole nitrogens is 1. The zero-order valence-electron chi connectivity index (χ0n) is 10.8. The van der Waals surface area contributed by atoms with Crippen molar-refractivity contribution in [3.8, 4) is 0 Å². The van der Waals surface area contributed by atoms with E-state index in [1.165, 1.54) is 0 Å². The monoisotopic (exact) mass is 271 g/mol. The molecule has 0 aliphatic heterocycles. The molecule has 1 aliphatic carbocycles. The third kappa shape index (κ3) is 3.32. The molecule has 0 saturated heterocycles. The molecule has 0 aromatic carbocycles. The van der Waals surface area contributed by atoms with E-state index in [9.17, 15) is 8.42 Å². The van der Waals surface area contributed by atoms with Crippen LogP contribution in [0.1, 0.15) is 43.4 Å². The quantitative estimate of drug-likeness (QED) is 0.770. The number of aromatic nitrogens is 2. The third-order valence-electron chi connectivity index (χ3n) is 3.60. The predicted molar refractivity (Wildman–Crippen MR) is 70.8 cm³/mol. The van der Waals surface area contributed by atoms with E-state index in [1.54, 1.807) is 6.20 Å². The van der Waals surface area contributed by atoms with Gasteiger partial charge in [-0.25, -0.2) is 13.1 Å². The second-order valence-electron chi connectivity index (χ2n) is 4.97. The van der Waals surface area contributed by atoms with E-state index < -0.39 is 10.0 Å². The number of hydrogen-bond acceptors (Lipinski definition) is 3. The van der Waals surface area contributed by atoms with E-state index in [-0.39, 0.29) is 5.25 Å². The van der Waals surface area contributed by atoms with Crippen molar-refractivity contribution in [1.29, 1.82) is 0 Å². The Morgan fingerprint density at radius 1 is 1.44 bits per heavy atom. The average Bonchev–Trinajstić information content (AvgIpc) is 2.96. The lowest BCUT2D eigenvalue weighted by molar-refractivity contribution is 0.562. The second kappa shape index (κ2) is 5.84. The molecule has 1 aromatic heterocycles. The van der Waals surface area contributed by atoms with E-state index in [2.05, 4.69) is 14.9 Å². The maximum absolute atomic E-state index is 11.9. The smallest absolute Gasteiger partial charge is 0.214 e. The van der Waals surface area contributed by atoms with Gasteiger partial charge in [-0.1, -0.05) is 12.8 Å². The van der Waals surface area contributed by atoms with Gasteiger partial charge in [0.25, 0.3) is 0 Å². The lowest BCUT2D eigenvalue weighted by Gasteiger charge is -2.11. The Kier molecular flexibility index (Phi) is 4.40. The summed E-state index contributed by atoms with van der Waals surface area (Å²) in [6, 6.07) is 0. The van der Waals surface area contributed by atoms with Crippen molar-refractivity contribution in [3.63, 3.8) is 0 Å². The number of nitrogens with one attached hydrogen (secondary N) is 2. The normalized spacial score (nSPS) is 17.4. The fourth-order valence-electron chi connectivity index (χ4n) is 2.44. The van der Waals surface area contributed by atoms with Crippen molar-refractivity contribution in [2.75, 3.05) is 6.54 Å². The van der Waals surface area contributed by atoms with Crippen LogP contribution in [0.15, 0.2) is 6.20 Å². The molecule has 0 amide bonds. The Hall–Kier alpha value is -0.880. The number of rotatable bonds is 6. The van der Waals surface area contributed by atoms with Crippen LogP contribution in [0.3, 0.4) is 0 Å². The predicted octanol–water partition coefficient (Wildman–Crippen LogP) is 1.51. The Bertz CT molecular complexity index is 475. The summed E-state index contributed by atoms with van der Waals surface area (Å²) >= 11 is 0. The van der Waals surface area contributed by atoms with Crippen LogP contribution in [0, 0.1) is 6.92 Å². The van der Waals surface area contributed by atoms with Crippen LogP contribution in [0.25, 0.3) is 0 Å². The van der Waals surface area contributed by atoms with E-state index >= 15 is 0 Å². The number of aryl methyl sites for hydroxylation is 2. The molecule has 1 saturated carbocycles. The van der Waals surface area contributed by atoms with Gasteiger partial charge in [0.1, 0.15) is 0 Å². The van der Waals surface area contributed by atoms with Gasteiger partial charge in [-0.15, -0.1) is 0 Å². The summed E-state index contributed by atoms with van der Waals surface area (Å²) < 4.78 is 26.6. The topological polar surface area (TPSA) is 74.8 Å². The van der Waals surface area contributed by atoms with E-state index in [0.29, 0.717) is 6.54 Å². The Balaban J connectivity index is 1.73. The van der Waals surface area contributed by atoms with E-state index in [4.69, 9.17) is 0 Å². The molecule has 1 fully saturated rings. The largest absolute Gasteiger partial charge is 0.283 e. The zero-order chi connectivity index (χ0) is 13.0. The molecule has 1 aromatic rings. The van der Waals surface area contributed by atoms with Crippen LogP contribution in [-0.2, 0) is 16.4 Å². The van der Waals surface area contributed by atoms with Gasteiger partial charge in [0, 0.05) is 12.2 Å². The Morgan fingerprint density at radius 3 is 2.78 bits per heavy atom. The van der Waals surface area contributed by atoms with Crippen LogP contribution in [0.4, 0.5) is 0 Å². The highest BCUT2D eigenvalue weighted by Gasteiger charge is 2.27. The first-order valence-electron chi connectivity index (χ1n) is 6.57. The number of nitrogens with zero attached hydrogens (tertiary/aromatic N) is 1. The first-order chi connectivity index (χ1) is 8.59. The van der Waals surface area contributed by atoms with Gasteiger partial charge in [-0.2, -0.15) is 5.10 Å². The first-order valence-corrected chi connectivity index (χ1v) is 8.11. The maximum Gasteiger partial charge on any atom is 0.214 e. The second-order valence-corrected chi connectivity index (χ2v) is 7.01.